The molecule has 7 heteroatoms. The predicted octanol–water partition coefficient (Wildman–Crippen LogP) is 5.66. The van der Waals surface area contributed by atoms with E-state index in [1.807, 2.05) is 40.5 Å². The van der Waals surface area contributed by atoms with E-state index >= 15 is 0 Å². The number of carbonyl (C=O) groups excluding carboxylic acids is 1. The molecule has 168 valence electrons. The van der Waals surface area contributed by atoms with Crippen LogP contribution in [0.1, 0.15) is 59.7 Å². The van der Waals surface area contributed by atoms with Gasteiger partial charge < -0.3 is 9.80 Å². The van der Waals surface area contributed by atoms with Crippen molar-refractivity contribution in [3.05, 3.63) is 50.6 Å². The first-order valence-corrected chi connectivity index (χ1v) is 13.1. The van der Waals surface area contributed by atoms with Crippen molar-refractivity contribution >= 4 is 49.2 Å². The van der Waals surface area contributed by atoms with E-state index in [0.717, 1.165) is 58.4 Å². The molecule has 5 nitrogen and oxygen atoms in total. The van der Waals surface area contributed by atoms with Gasteiger partial charge >= 0.3 is 0 Å². The maximum atomic E-state index is 13.0. The lowest BCUT2D eigenvalue weighted by Gasteiger charge is -2.36. The average molecular weight is 514 g/mol. The summed E-state index contributed by atoms with van der Waals surface area (Å²) >= 11 is 5.31. The van der Waals surface area contributed by atoms with Crippen LogP contribution in [0.15, 0.2) is 28.7 Å². The molecule has 1 amide bonds. The summed E-state index contributed by atoms with van der Waals surface area (Å²) in [5.41, 5.74) is 2.22. The van der Waals surface area contributed by atoms with Crippen molar-refractivity contribution in [2.24, 2.45) is 5.92 Å². The lowest BCUT2D eigenvalue weighted by atomic mass is 9.89. The highest BCUT2D eigenvalue weighted by Crippen LogP contribution is 2.41. The molecular weight excluding hydrogens is 484 g/mol. The molecule has 1 aliphatic heterocycles. The fraction of sp³-hybridized carbons (Fsp3) is 0.480. The SMILES string of the molecule is CC1CCc2c(sc3nc(C(C)C)nc(N4CCN(C(=O)c5ccc(Br)cc5)CC4)c23)C1. The van der Waals surface area contributed by atoms with Gasteiger partial charge in [0.15, 0.2) is 0 Å². The highest BCUT2D eigenvalue weighted by atomic mass is 79.9. The van der Waals surface area contributed by atoms with E-state index in [1.54, 1.807) is 0 Å². The fourth-order valence-corrected chi connectivity index (χ4v) is 6.37. The van der Waals surface area contributed by atoms with Crippen LogP contribution in [-0.4, -0.2) is 47.0 Å². The van der Waals surface area contributed by atoms with Gasteiger partial charge in [-0.15, -0.1) is 11.3 Å². The standard InChI is InChI=1S/C25H29BrN4OS/c1-15(2)22-27-23(21-19-9-4-16(3)14-20(19)32-24(21)28-22)29-10-12-30(13-11-29)25(31)17-5-7-18(26)8-6-17/h5-8,15-16H,4,9-14H2,1-3H3. The number of halogens is 1. The van der Waals surface area contributed by atoms with E-state index in [-0.39, 0.29) is 11.8 Å². The molecular formula is C25H29BrN4OS. The van der Waals surface area contributed by atoms with Crippen molar-refractivity contribution in [3.8, 4) is 0 Å². The van der Waals surface area contributed by atoms with E-state index in [0.29, 0.717) is 13.1 Å². The highest BCUT2D eigenvalue weighted by Gasteiger charge is 2.29. The van der Waals surface area contributed by atoms with Crippen LogP contribution >= 0.6 is 27.3 Å². The summed E-state index contributed by atoms with van der Waals surface area (Å²) in [5, 5.41) is 1.27. The molecule has 0 bridgehead atoms. The fourth-order valence-electron chi connectivity index (χ4n) is 4.72. The third kappa shape index (κ3) is 4.05. The Labute approximate surface area is 202 Å². The zero-order valence-corrected chi connectivity index (χ0v) is 21.3. The summed E-state index contributed by atoms with van der Waals surface area (Å²) in [6.45, 7) is 9.69. The Morgan fingerprint density at radius 1 is 1.12 bits per heavy atom. The van der Waals surface area contributed by atoms with Crippen molar-refractivity contribution in [2.75, 3.05) is 31.1 Å². The molecule has 32 heavy (non-hydrogen) atoms. The summed E-state index contributed by atoms with van der Waals surface area (Å²) in [6, 6.07) is 7.63. The molecule has 5 rings (SSSR count). The van der Waals surface area contributed by atoms with Gasteiger partial charge in [0.25, 0.3) is 5.91 Å². The number of benzene rings is 1. The first-order chi connectivity index (χ1) is 15.4. The molecule has 2 aromatic heterocycles. The van der Waals surface area contributed by atoms with Crippen molar-refractivity contribution in [2.45, 2.75) is 46.0 Å². The quantitative estimate of drug-likeness (QED) is 0.453. The average Bonchev–Trinajstić information content (AvgIpc) is 3.16. The van der Waals surface area contributed by atoms with Gasteiger partial charge in [-0.3, -0.25) is 4.79 Å². The van der Waals surface area contributed by atoms with Gasteiger partial charge in [-0.2, -0.15) is 0 Å². The normalized spacial score (nSPS) is 19.0. The first-order valence-electron chi connectivity index (χ1n) is 11.5. The van der Waals surface area contributed by atoms with Gasteiger partial charge in [0.2, 0.25) is 0 Å². The van der Waals surface area contributed by atoms with E-state index in [4.69, 9.17) is 9.97 Å². The third-order valence-electron chi connectivity index (χ3n) is 6.63. The number of carbonyl (C=O) groups is 1. The lowest BCUT2D eigenvalue weighted by molar-refractivity contribution is 0.0746. The molecule has 1 aromatic carbocycles. The maximum Gasteiger partial charge on any atom is 0.253 e. The van der Waals surface area contributed by atoms with Crippen LogP contribution in [0.2, 0.25) is 0 Å². The summed E-state index contributed by atoms with van der Waals surface area (Å²) < 4.78 is 0.987. The van der Waals surface area contributed by atoms with Crippen LogP contribution in [0.4, 0.5) is 5.82 Å². The van der Waals surface area contributed by atoms with Crippen LogP contribution in [0.3, 0.4) is 0 Å². The minimum atomic E-state index is 0.106. The number of piperazine rings is 1. The van der Waals surface area contributed by atoms with Gasteiger partial charge in [-0.25, -0.2) is 9.97 Å². The lowest BCUT2D eigenvalue weighted by Crippen LogP contribution is -2.49. The third-order valence-corrected chi connectivity index (χ3v) is 8.30. The molecule has 0 radical (unpaired) electrons. The zero-order chi connectivity index (χ0) is 22.4. The first kappa shape index (κ1) is 21.8. The minimum Gasteiger partial charge on any atom is -0.352 e. The number of fused-ring (bicyclic) bond motifs is 3. The maximum absolute atomic E-state index is 13.0. The van der Waals surface area contributed by atoms with Gasteiger partial charge in [0.05, 0.1) is 5.39 Å². The molecule has 3 aromatic rings. The monoisotopic (exact) mass is 512 g/mol. The van der Waals surface area contributed by atoms with Crippen molar-refractivity contribution in [1.29, 1.82) is 0 Å². The second kappa shape index (κ2) is 8.75. The minimum absolute atomic E-state index is 0.106. The zero-order valence-electron chi connectivity index (χ0n) is 18.9. The summed E-state index contributed by atoms with van der Waals surface area (Å²) in [4.78, 5) is 30.0. The van der Waals surface area contributed by atoms with E-state index < -0.39 is 0 Å². The van der Waals surface area contributed by atoms with Crippen LogP contribution in [0.25, 0.3) is 10.2 Å². The summed E-state index contributed by atoms with van der Waals surface area (Å²) in [7, 11) is 0. The molecule has 1 aliphatic carbocycles. The summed E-state index contributed by atoms with van der Waals surface area (Å²) in [6.07, 6.45) is 3.51. The highest BCUT2D eigenvalue weighted by molar-refractivity contribution is 9.10. The molecule has 1 fully saturated rings. The van der Waals surface area contributed by atoms with Gasteiger partial charge in [-0.1, -0.05) is 36.7 Å². The van der Waals surface area contributed by atoms with E-state index in [2.05, 4.69) is 41.6 Å². The molecule has 2 aliphatic rings. The molecule has 0 N–H and O–H groups in total. The number of hydrogen-bond acceptors (Lipinski definition) is 5. The second-order valence-corrected chi connectivity index (χ2v) is 11.4. The van der Waals surface area contributed by atoms with Crippen molar-refractivity contribution in [3.63, 3.8) is 0 Å². The molecule has 0 saturated carbocycles. The largest absolute Gasteiger partial charge is 0.352 e. The van der Waals surface area contributed by atoms with Crippen molar-refractivity contribution < 1.29 is 4.79 Å². The number of anilines is 1. The van der Waals surface area contributed by atoms with Gasteiger partial charge in [0.1, 0.15) is 16.5 Å². The van der Waals surface area contributed by atoms with Crippen LogP contribution < -0.4 is 4.90 Å². The number of nitrogens with zero attached hydrogens (tertiary/aromatic N) is 4. The Morgan fingerprint density at radius 2 is 1.84 bits per heavy atom. The van der Waals surface area contributed by atoms with Crippen molar-refractivity contribution in [1.82, 2.24) is 14.9 Å². The number of aromatic nitrogens is 2. The summed E-state index contributed by atoms with van der Waals surface area (Å²) in [5.74, 6) is 3.14. The number of amides is 1. The topological polar surface area (TPSA) is 49.3 Å². The Bertz CT molecular complexity index is 1150. The van der Waals surface area contributed by atoms with E-state index in [1.165, 1.54) is 22.2 Å². The number of thiophene rings is 1. The second-order valence-electron chi connectivity index (χ2n) is 9.38. The number of hydrogen-bond donors (Lipinski definition) is 0. The van der Waals surface area contributed by atoms with E-state index in [9.17, 15) is 4.79 Å². The molecule has 1 saturated heterocycles. The number of rotatable bonds is 3. The van der Waals surface area contributed by atoms with Crippen LogP contribution in [0, 0.1) is 5.92 Å². The van der Waals surface area contributed by atoms with Gasteiger partial charge in [0, 0.05) is 47.0 Å². The van der Waals surface area contributed by atoms with Crippen LogP contribution in [0.5, 0.6) is 0 Å². The smallest absolute Gasteiger partial charge is 0.253 e. The van der Waals surface area contributed by atoms with Crippen LogP contribution in [-0.2, 0) is 12.8 Å². The Kier molecular flexibility index (Phi) is 5.97. The molecule has 1 unspecified atom stereocenters. The number of aryl methyl sites for hydroxylation is 1. The molecule has 3 heterocycles. The Morgan fingerprint density at radius 3 is 2.53 bits per heavy atom. The Hall–Kier alpha value is -1.99. The molecule has 1 atom stereocenters. The molecule has 0 spiro atoms. The predicted molar refractivity (Wildman–Crippen MR) is 135 cm³/mol. The van der Waals surface area contributed by atoms with Gasteiger partial charge in [-0.05, 0) is 55.0 Å². The Balaban J connectivity index is 1.43.